The van der Waals surface area contributed by atoms with Crippen molar-refractivity contribution < 1.29 is 9.53 Å². The molecule has 1 aromatic rings. The molecule has 1 aromatic carbocycles. The summed E-state index contributed by atoms with van der Waals surface area (Å²) in [7, 11) is 1.82. The number of benzene rings is 1. The molecule has 0 aromatic heterocycles. The largest absolute Gasteiger partial charge is 0.466 e. The first-order chi connectivity index (χ1) is 14.7. The Bertz CT molecular complexity index is 673. The van der Waals surface area contributed by atoms with Crippen LogP contribution in [0.2, 0.25) is 0 Å². The lowest BCUT2D eigenvalue weighted by Gasteiger charge is -2.33. The molecular formula is C24H38N4O2. The van der Waals surface area contributed by atoms with E-state index >= 15 is 0 Å². The molecule has 2 aliphatic rings. The van der Waals surface area contributed by atoms with E-state index in [4.69, 9.17) is 4.74 Å². The fourth-order valence-corrected chi connectivity index (χ4v) is 4.42. The van der Waals surface area contributed by atoms with Crippen molar-refractivity contribution in [2.24, 2.45) is 10.9 Å². The third-order valence-corrected chi connectivity index (χ3v) is 6.20. The number of nitrogens with zero attached hydrogens (tertiary/aromatic N) is 3. The van der Waals surface area contributed by atoms with Crippen LogP contribution in [0.25, 0.3) is 0 Å². The number of likely N-dealkylation sites (tertiary alicyclic amines) is 2. The Morgan fingerprint density at radius 1 is 1.03 bits per heavy atom. The molecule has 0 bridgehead atoms. The maximum Gasteiger partial charge on any atom is 0.309 e. The molecule has 0 spiro atoms. The van der Waals surface area contributed by atoms with Crippen LogP contribution in [-0.2, 0) is 22.6 Å². The van der Waals surface area contributed by atoms with Gasteiger partial charge in [-0.05, 0) is 56.8 Å². The zero-order valence-electron chi connectivity index (χ0n) is 18.7. The van der Waals surface area contributed by atoms with Gasteiger partial charge in [-0.25, -0.2) is 0 Å². The van der Waals surface area contributed by atoms with E-state index in [9.17, 15) is 4.79 Å². The highest BCUT2D eigenvalue weighted by atomic mass is 16.5. The van der Waals surface area contributed by atoms with Crippen molar-refractivity contribution in [2.75, 3.05) is 39.8 Å². The first kappa shape index (κ1) is 22.6. The lowest BCUT2D eigenvalue weighted by molar-refractivity contribution is -0.149. The normalized spacial score (nSPS) is 19.4. The highest BCUT2D eigenvalue weighted by molar-refractivity contribution is 5.80. The van der Waals surface area contributed by atoms with Crippen molar-refractivity contribution in [3.05, 3.63) is 35.4 Å². The van der Waals surface area contributed by atoms with Crippen LogP contribution >= 0.6 is 0 Å². The Hall–Kier alpha value is -2.08. The number of hydrogen-bond donors (Lipinski definition) is 1. The molecule has 6 nitrogen and oxygen atoms in total. The SMILES string of the molecule is CCOC(=O)C1CCN(C(=NC)NCc2ccc(CN3CCCCCC3)cc2)CC1. The Labute approximate surface area is 181 Å². The molecule has 0 aliphatic carbocycles. The van der Waals surface area contributed by atoms with Gasteiger partial charge in [-0.15, -0.1) is 0 Å². The number of nitrogens with one attached hydrogen (secondary N) is 1. The number of aliphatic imine (C=N–C) groups is 1. The Morgan fingerprint density at radius 2 is 1.67 bits per heavy atom. The van der Waals surface area contributed by atoms with Crippen LogP contribution in [0.15, 0.2) is 29.3 Å². The van der Waals surface area contributed by atoms with E-state index in [0.29, 0.717) is 6.61 Å². The molecule has 0 amide bonds. The van der Waals surface area contributed by atoms with Crippen molar-refractivity contribution >= 4 is 11.9 Å². The van der Waals surface area contributed by atoms with E-state index in [1.54, 1.807) is 0 Å². The molecule has 0 unspecified atom stereocenters. The first-order valence-electron chi connectivity index (χ1n) is 11.6. The minimum atomic E-state index is -0.0552. The Balaban J connectivity index is 1.44. The molecule has 2 saturated heterocycles. The number of hydrogen-bond acceptors (Lipinski definition) is 4. The van der Waals surface area contributed by atoms with Crippen LogP contribution in [0, 0.1) is 5.92 Å². The van der Waals surface area contributed by atoms with Gasteiger partial charge in [0.25, 0.3) is 0 Å². The maximum absolute atomic E-state index is 11.9. The van der Waals surface area contributed by atoms with Crippen molar-refractivity contribution in [3.63, 3.8) is 0 Å². The van der Waals surface area contributed by atoms with Crippen LogP contribution in [0.3, 0.4) is 0 Å². The average Bonchev–Trinajstić information content (AvgIpc) is 3.04. The van der Waals surface area contributed by atoms with Gasteiger partial charge in [-0.2, -0.15) is 0 Å². The minimum absolute atomic E-state index is 0.0241. The molecule has 3 rings (SSSR count). The van der Waals surface area contributed by atoms with Crippen molar-refractivity contribution in [1.29, 1.82) is 0 Å². The quantitative estimate of drug-likeness (QED) is 0.439. The zero-order chi connectivity index (χ0) is 21.2. The van der Waals surface area contributed by atoms with Gasteiger partial charge in [-0.1, -0.05) is 37.1 Å². The summed E-state index contributed by atoms with van der Waals surface area (Å²) in [5.41, 5.74) is 2.66. The summed E-state index contributed by atoms with van der Waals surface area (Å²) >= 11 is 0. The summed E-state index contributed by atoms with van der Waals surface area (Å²) in [6.07, 6.45) is 7.07. The fourth-order valence-electron chi connectivity index (χ4n) is 4.42. The maximum atomic E-state index is 11.9. The number of ether oxygens (including phenoxy) is 1. The number of rotatable bonds is 6. The topological polar surface area (TPSA) is 57.2 Å². The van der Waals surface area contributed by atoms with Crippen molar-refractivity contribution in [3.8, 4) is 0 Å². The van der Waals surface area contributed by atoms with Crippen LogP contribution < -0.4 is 5.32 Å². The summed E-state index contributed by atoms with van der Waals surface area (Å²) in [6.45, 7) is 8.26. The highest BCUT2D eigenvalue weighted by Gasteiger charge is 2.27. The second-order valence-corrected chi connectivity index (χ2v) is 8.42. The van der Waals surface area contributed by atoms with Gasteiger partial charge < -0.3 is 15.0 Å². The van der Waals surface area contributed by atoms with Crippen LogP contribution in [0.1, 0.15) is 56.6 Å². The lowest BCUT2D eigenvalue weighted by Crippen LogP contribution is -2.46. The Kier molecular flexibility index (Phi) is 9.00. The van der Waals surface area contributed by atoms with E-state index in [-0.39, 0.29) is 11.9 Å². The van der Waals surface area contributed by atoms with Gasteiger partial charge in [0.05, 0.1) is 12.5 Å². The molecule has 1 N–H and O–H groups in total. The third-order valence-electron chi connectivity index (χ3n) is 6.20. The van der Waals surface area contributed by atoms with Crippen LogP contribution in [0.4, 0.5) is 0 Å². The van der Waals surface area contributed by atoms with Crippen LogP contribution in [0.5, 0.6) is 0 Å². The summed E-state index contributed by atoms with van der Waals surface area (Å²) in [6, 6.07) is 8.96. The van der Waals surface area contributed by atoms with E-state index in [0.717, 1.165) is 45.0 Å². The molecule has 166 valence electrons. The van der Waals surface area contributed by atoms with Gasteiger partial charge in [0.15, 0.2) is 5.96 Å². The summed E-state index contributed by atoms with van der Waals surface area (Å²) in [5.74, 6) is 0.877. The van der Waals surface area contributed by atoms with Crippen LogP contribution in [-0.4, -0.2) is 61.6 Å². The fraction of sp³-hybridized carbons (Fsp3) is 0.667. The van der Waals surface area contributed by atoms with E-state index in [1.807, 2.05) is 14.0 Å². The average molecular weight is 415 g/mol. The van der Waals surface area contributed by atoms with Gasteiger partial charge in [0.2, 0.25) is 0 Å². The molecule has 2 fully saturated rings. The standard InChI is InChI=1S/C24H38N4O2/c1-3-30-23(29)22-12-16-28(17-13-22)24(25-2)26-18-20-8-10-21(11-9-20)19-27-14-6-4-5-7-15-27/h8-11,22H,3-7,12-19H2,1-2H3,(H,25,26). The number of carbonyl (C=O) groups is 1. The molecule has 0 saturated carbocycles. The summed E-state index contributed by atoms with van der Waals surface area (Å²) in [4.78, 5) is 21.2. The summed E-state index contributed by atoms with van der Waals surface area (Å²) in [5, 5.41) is 3.48. The number of guanidine groups is 1. The number of esters is 1. The minimum Gasteiger partial charge on any atom is -0.466 e. The van der Waals surface area contributed by atoms with Gasteiger partial charge in [0, 0.05) is 33.2 Å². The van der Waals surface area contributed by atoms with E-state index in [1.165, 1.54) is 49.9 Å². The summed E-state index contributed by atoms with van der Waals surface area (Å²) < 4.78 is 5.17. The molecule has 30 heavy (non-hydrogen) atoms. The third kappa shape index (κ3) is 6.73. The molecule has 2 heterocycles. The zero-order valence-corrected chi connectivity index (χ0v) is 18.7. The van der Waals surface area contributed by atoms with E-state index < -0.39 is 0 Å². The highest BCUT2D eigenvalue weighted by Crippen LogP contribution is 2.19. The molecular weight excluding hydrogens is 376 g/mol. The Morgan fingerprint density at radius 3 is 2.27 bits per heavy atom. The van der Waals surface area contributed by atoms with Crippen molar-refractivity contribution in [1.82, 2.24) is 15.1 Å². The monoisotopic (exact) mass is 414 g/mol. The number of piperidine rings is 1. The number of carbonyl (C=O) groups excluding carboxylic acids is 1. The first-order valence-corrected chi connectivity index (χ1v) is 11.6. The lowest BCUT2D eigenvalue weighted by atomic mass is 9.97. The second-order valence-electron chi connectivity index (χ2n) is 8.42. The predicted octanol–water partition coefficient (Wildman–Crippen LogP) is 3.41. The molecule has 2 aliphatic heterocycles. The second kappa shape index (κ2) is 11.9. The molecule has 0 radical (unpaired) electrons. The molecule has 6 heteroatoms. The smallest absolute Gasteiger partial charge is 0.309 e. The van der Waals surface area contributed by atoms with Gasteiger partial charge >= 0.3 is 5.97 Å². The predicted molar refractivity (Wildman–Crippen MR) is 121 cm³/mol. The van der Waals surface area contributed by atoms with Gasteiger partial charge in [0.1, 0.15) is 0 Å². The van der Waals surface area contributed by atoms with Crippen molar-refractivity contribution in [2.45, 2.75) is 58.5 Å². The van der Waals surface area contributed by atoms with E-state index in [2.05, 4.69) is 44.4 Å². The molecule has 0 atom stereocenters. The van der Waals surface area contributed by atoms with Gasteiger partial charge in [-0.3, -0.25) is 14.7 Å².